The number of ether oxygens (including phenoxy) is 5. The van der Waals surface area contributed by atoms with E-state index < -0.39 is 43.4 Å². The number of carbonyl (C=O) groups is 4. The highest BCUT2D eigenvalue weighted by Crippen LogP contribution is 2.39. The summed E-state index contributed by atoms with van der Waals surface area (Å²) < 4.78 is 26.9. The van der Waals surface area contributed by atoms with Crippen LogP contribution in [0.4, 0.5) is 0 Å². The van der Waals surface area contributed by atoms with Gasteiger partial charge in [-0.05, 0) is 39.0 Å². The largest absolute Gasteiger partial charge is 0.481 e. The lowest BCUT2D eigenvalue weighted by atomic mass is 10.1. The van der Waals surface area contributed by atoms with E-state index >= 15 is 0 Å². The fourth-order valence-electron chi connectivity index (χ4n) is 2.99. The minimum absolute atomic E-state index is 0.00525. The van der Waals surface area contributed by atoms with Crippen molar-refractivity contribution in [1.29, 1.82) is 0 Å². The van der Waals surface area contributed by atoms with Gasteiger partial charge in [-0.3, -0.25) is 9.59 Å². The van der Waals surface area contributed by atoms with E-state index in [9.17, 15) is 19.2 Å². The van der Waals surface area contributed by atoms with Gasteiger partial charge in [-0.15, -0.1) is 0 Å². The van der Waals surface area contributed by atoms with E-state index in [0.717, 1.165) is 4.57 Å². The molecule has 0 fully saturated rings. The minimum atomic E-state index is -0.770. The van der Waals surface area contributed by atoms with Crippen LogP contribution in [0.1, 0.15) is 36.8 Å². The number of rotatable bonds is 13. The number of benzene rings is 1. The molecule has 13 heteroatoms. The zero-order valence-corrected chi connectivity index (χ0v) is 22.0. The van der Waals surface area contributed by atoms with Gasteiger partial charge in [0.2, 0.25) is 5.78 Å². The molecule has 0 N–H and O–H groups in total. The number of esters is 3. The number of carbonyl (C=O) groups excluding carboxylic acids is 4. The molecule has 1 aromatic heterocycles. The number of hydrogen-bond donors (Lipinski definition) is 0. The standard InChI is InChI=1S/C23H24Cl3NO9/c1-4-32-17(28)10-27-15(9-14(25)23(27)26)21(31)20-16(35-11-18(29)33-5-2)8-7-13(24)22(20)36-12-19(30)34-6-3/h7-9H,4-6,10-12H2,1-3H3. The molecule has 0 aliphatic rings. The van der Waals surface area contributed by atoms with Crippen LogP contribution in [0.5, 0.6) is 11.5 Å². The summed E-state index contributed by atoms with van der Waals surface area (Å²) in [6.45, 7) is 3.71. The van der Waals surface area contributed by atoms with Gasteiger partial charge < -0.3 is 28.3 Å². The molecule has 0 aliphatic heterocycles. The SMILES string of the molecule is CCOC(=O)COc1ccc(Cl)c(OCC(=O)OCC)c1C(=O)c1cc(Cl)c(Cl)n1CC(=O)OCC. The smallest absolute Gasteiger partial charge is 0.344 e. The lowest BCUT2D eigenvalue weighted by Crippen LogP contribution is -2.21. The Morgan fingerprint density at radius 1 is 0.778 bits per heavy atom. The second-order valence-electron chi connectivity index (χ2n) is 6.83. The van der Waals surface area contributed by atoms with Crippen molar-refractivity contribution in [2.45, 2.75) is 27.3 Å². The van der Waals surface area contributed by atoms with Gasteiger partial charge in [0.25, 0.3) is 0 Å². The average molecular weight is 565 g/mol. The quantitative estimate of drug-likeness (QED) is 0.201. The van der Waals surface area contributed by atoms with Gasteiger partial charge in [0.05, 0.1) is 35.6 Å². The lowest BCUT2D eigenvalue weighted by Gasteiger charge is -2.17. The molecule has 1 heterocycles. The summed E-state index contributed by atoms with van der Waals surface area (Å²) in [6.07, 6.45) is 0. The van der Waals surface area contributed by atoms with Crippen LogP contribution < -0.4 is 9.47 Å². The van der Waals surface area contributed by atoms with Crippen molar-refractivity contribution in [3.8, 4) is 11.5 Å². The van der Waals surface area contributed by atoms with Crippen molar-refractivity contribution < 1.29 is 42.9 Å². The van der Waals surface area contributed by atoms with Crippen LogP contribution in [0.15, 0.2) is 18.2 Å². The van der Waals surface area contributed by atoms with E-state index in [-0.39, 0.29) is 57.8 Å². The Balaban J connectivity index is 2.58. The Hall–Kier alpha value is -2.95. The highest BCUT2D eigenvalue weighted by atomic mass is 35.5. The molecule has 0 saturated heterocycles. The third-order valence-electron chi connectivity index (χ3n) is 4.40. The van der Waals surface area contributed by atoms with Crippen LogP contribution in [-0.4, -0.2) is 61.3 Å². The first-order valence-electron chi connectivity index (χ1n) is 10.8. The molecule has 0 bridgehead atoms. The van der Waals surface area contributed by atoms with Crippen molar-refractivity contribution in [3.05, 3.63) is 44.7 Å². The second-order valence-corrected chi connectivity index (χ2v) is 8.00. The van der Waals surface area contributed by atoms with Crippen LogP contribution in [-0.2, 0) is 35.1 Å². The first-order valence-corrected chi connectivity index (χ1v) is 11.9. The van der Waals surface area contributed by atoms with Crippen LogP contribution in [0.2, 0.25) is 15.2 Å². The molecule has 0 amide bonds. The topological polar surface area (TPSA) is 119 Å². The highest BCUT2D eigenvalue weighted by Gasteiger charge is 2.29. The summed E-state index contributed by atoms with van der Waals surface area (Å²) in [5, 5.41) is -0.126. The van der Waals surface area contributed by atoms with Gasteiger partial charge in [0.1, 0.15) is 23.0 Å². The predicted molar refractivity (Wildman–Crippen MR) is 130 cm³/mol. The first-order chi connectivity index (χ1) is 17.1. The van der Waals surface area contributed by atoms with E-state index in [1.165, 1.54) is 18.2 Å². The molecule has 10 nitrogen and oxygen atoms in total. The summed E-state index contributed by atoms with van der Waals surface area (Å²) >= 11 is 18.7. The molecular formula is C23H24Cl3NO9. The van der Waals surface area contributed by atoms with E-state index in [4.69, 9.17) is 58.5 Å². The maximum absolute atomic E-state index is 13.8. The van der Waals surface area contributed by atoms with Gasteiger partial charge in [0.15, 0.2) is 19.0 Å². The first kappa shape index (κ1) is 29.3. The fraction of sp³-hybridized carbons (Fsp3) is 0.391. The third kappa shape index (κ3) is 7.52. The lowest BCUT2D eigenvalue weighted by molar-refractivity contribution is -0.146. The number of aromatic nitrogens is 1. The number of ketones is 1. The van der Waals surface area contributed by atoms with E-state index in [2.05, 4.69) is 0 Å². The molecule has 0 saturated carbocycles. The molecular weight excluding hydrogens is 541 g/mol. The predicted octanol–water partition coefficient (Wildman–Crippen LogP) is 4.13. The molecule has 1 aromatic carbocycles. The van der Waals surface area contributed by atoms with Gasteiger partial charge in [0, 0.05) is 0 Å². The van der Waals surface area contributed by atoms with Crippen molar-refractivity contribution >= 4 is 58.5 Å². The van der Waals surface area contributed by atoms with Gasteiger partial charge in [-0.2, -0.15) is 0 Å². The van der Waals surface area contributed by atoms with Crippen molar-refractivity contribution in [2.75, 3.05) is 33.0 Å². The van der Waals surface area contributed by atoms with Crippen LogP contribution in [0, 0.1) is 0 Å². The third-order valence-corrected chi connectivity index (χ3v) is 5.49. The minimum Gasteiger partial charge on any atom is -0.481 e. The second kappa shape index (κ2) is 14.0. The van der Waals surface area contributed by atoms with E-state index in [0.29, 0.717) is 0 Å². The van der Waals surface area contributed by atoms with Crippen molar-refractivity contribution in [1.82, 2.24) is 4.57 Å². The molecule has 0 spiro atoms. The molecule has 0 aliphatic carbocycles. The van der Waals surface area contributed by atoms with Gasteiger partial charge in [-0.1, -0.05) is 34.8 Å². The normalized spacial score (nSPS) is 10.5. The van der Waals surface area contributed by atoms with Crippen LogP contribution >= 0.6 is 34.8 Å². The Morgan fingerprint density at radius 3 is 1.92 bits per heavy atom. The Labute approximate surface area is 222 Å². The summed E-state index contributed by atoms with van der Waals surface area (Å²) in [6, 6.07) is 3.95. The van der Waals surface area contributed by atoms with Crippen LogP contribution in [0.3, 0.4) is 0 Å². The zero-order chi connectivity index (χ0) is 26.8. The number of hydrogen-bond acceptors (Lipinski definition) is 9. The highest BCUT2D eigenvalue weighted by molar-refractivity contribution is 6.42. The summed E-state index contributed by atoms with van der Waals surface area (Å²) in [5.74, 6) is -3.14. The van der Waals surface area contributed by atoms with Crippen LogP contribution in [0.25, 0.3) is 0 Å². The van der Waals surface area contributed by atoms with Crippen molar-refractivity contribution in [3.63, 3.8) is 0 Å². The maximum Gasteiger partial charge on any atom is 0.344 e. The van der Waals surface area contributed by atoms with E-state index in [1.807, 2.05) is 0 Å². The molecule has 196 valence electrons. The summed E-state index contributed by atoms with van der Waals surface area (Å²) in [4.78, 5) is 49.6. The molecule has 0 atom stereocenters. The molecule has 2 aromatic rings. The monoisotopic (exact) mass is 563 g/mol. The average Bonchev–Trinajstić information content (AvgIpc) is 3.10. The van der Waals surface area contributed by atoms with E-state index in [1.54, 1.807) is 20.8 Å². The Morgan fingerprint density at radius 2 is 1.33 bits per heavy atom. The molecule has 0 unspecified atom stereocenters. The number of halogens is 3. The summed E-state index contributed by atoms with van der Waals surface area (Å²) in [5.41, 5.74) is -0.366. The number of nitrogens with zero attached hydrogens (tertiary/aromatic N) is 1. The maximum atomic E-state index is 13.8. The van der Waals surface area contributed by atoms with Crippen molar-refractivity contribution in [2.24, 2.45) is 0 Å². The summed E-state index contributed by atoms with van der Waals surface area (Å²) in [7, 11) is 0. The molecule has 0 radical (unpaired) electrons. The zero-order valence-electron chi connectivity index (χ0n) is 19.7. The molecule has 2 rings (SSSR count). The van der Waals surface area contributed by atoms with Gasteiger partial charge >= 0.3 is 17.9 Å². The molecule has 36 heavy (non-hydrogen) atoms. The van der Waals surface area contributed by atoms with Gasteiger partial charge in [-0.25, -0.2) is 9.59 Å². The Kier molecular flexibility index (Phi) is 11.4. The Bertz CT molecular complexity index is 1130. The fourth-order valence-corrected chi connectivity index (χ4v) is 3.61.